The first-order valence-electron chi connectivity index (χ1n) is 10.1. The number of nitrogens with one attached hydrogen (secondary N) is 4. The van der Waals surface area contributed by atoms with Crippen molar-refractivity contribution < 1.29 is 18.0 Å². The van der Waals surface area contributed by atoms with Crippen LogP contribution in [-0.4, -0.2) is 21.5 Å². The van der Waals surface area contributed by atoms with E-state index in [-0.39, 0.29) is 11.2 Å². The number of aryl methyl sites for hydroxylation is 1. The van der Waals surface area contributed by atoms with E-state index in [0.717, 1.165) is 17.7 Å². The molecule has 1 heterocycles. The Morgan fingerprint density at radius 1 is 0.909 bits per heavy atom. The fourth-order valence-electron chi connectivity index (χ4n) is 2.84. The quantitative estimate of drug-likeness (QED) is 0.355. The molecule has 1 aromatic heterocycles. The average Bonchev–Trinajstić information content (AvgIpc) is 2.69. The van der Waals surface area contributed by atoms with E-state index in [1.165, 1.54) is 12.1 Å². The highest BCUT2D eigenvalue weighted by Gasteiger charge is 2.30. The molecule has 0 aliphatic rings. The Morgan fingerprint density at radius 3 is 2.15 bits per heavy atom. The van der Waals surface area contributed by atoms with Gasteiger partial charge in [0.05, 0.1) is 5.56 Å². The molecular formula is C23H25F3N6O. The highest BCUT2D eigenvalue weighted by atomic mass is 19.4. The van der Waals surface area contributed by atoms with E-state index < -0.39 is 17.8 Å². The van der Waals surface area contributed by atoms with Gasteiger partial charge in [0.25, 0.3) is 0 Å². The van der Waals surface area contributed by atoms with E-state index in [9.17, 15) is 18.0 Å². The second kappa shape index (κ2) is 9.35. The Balaban J connectivity index is 1.69. The van der Waals surface area contributed by atoms with Gasteiger partial charge in [0.2, 0.25) is 5.95 Å². The summed E-state index contributed by atoms with van der Waals surface area (Å²) in [5.74, 6) is 1.08. The predicted octanol–water partition coefficient (Wildman–Crippen LogP) is 6.40. The van der Waals surface area contributed by atoms with Crippen LogP contribution in [0.25, 0.3) is 0 Å². The Kier molecular flexibility index (Phi) is 6.75. The van der Waals surface area contributed by atoms with Crippen molar-refractivity contribution in [2.24, 2.45) is 0 Å². The molecule has 2 amide bonds. The molecule has 0 spiro atoms. The standard InChI is InChI=1S/C23H25F3N6O/c1-14-13-27-20(32-22(2,3)4)31-19(14)28-17-9-6-10-18(12-17)30-21(33)29-16-8-5-7-15(11-16)23(24,25)26/h5-13H,1-4H3,(H2,29,30,33)(H2,27,28,31,32). The van der Waals surface area contributed by atoms with Crippen LogP contribution in [0.2, 0.25) is 0 Å². The summed E-state index contributed by atoms with van der Waals surface area (Å²) in [6.07, 6.45) is -2.79. The number of halogens is 3. The van der Waals surface area contributed by atoms with Gasteiger partial charge in [-0.2, -0.15) is 18.2 Å². The highest BCUT2D eigenvalue weighted by Crippen LogP contribution is 2.30. The SMILES string of the molecule is Cc1cnc(NC(C)(C)C)nc1Nc1cccc(NC(=O)Nc2cccc(C(F)(F)F)c2)c1. The minimum absolute atomic E-state index is 0.0343. The Labute approximate surface area is 189 Å². The molecule has 3 aromatic rings. The van der Waals surface area contributed by atoms with Crippen molar-refractivity contribution in [1.82, 2.24) is 9.97 Å². The van der Waals surface area contributed by atoms with E-state index in [1.54, 1.807) is 30.5 Å². The van der Waals surface area contributed by atoms with Gasteiger partial charge in [-0.25, -0.2) is 9.78 Å². The smallest absolute Gasteiger partial charge is 0.350 e. The van der Waals surface area contributed by atoms with Gasteiger partial charge >= 0.3 is 12.2 Å². The van der Waals surface area contributed by atoms with Crippen molar-refractivity contribution in [3.63, 3.8) is 0 Å². The first-order chi connectivity index (χ1) is 15.4. The van der Waals surface area contributed by atoms with Crippen molar-refractivity contribution in [2.75, 3.05) is 21.3 Å². The molecule has 33 heavy (non-hydrogen) atoms. The van der Waals surface area contributed by atoms with Crippen LogP contribution in [0.3, 0.4) is 0 Å². The molecular weight excluding hydrogens is 433 g/mol. The third-order valence-corrected chi connectivity index (χ3v) is 4.29. The number of alkyl halides is 3. The van der Waals surface area contributed by atoms with E-state index in [2.05, 4.69) is 31.2 Å². The lowest BCUT2D eigenvalue weighted by Gasteiger charge is -2.21. The summed E-state index contributed by atoms with van der Waals surface area (Å²) in [5.41, 5.74) is 0.928. The molecule has 0 saturated carbocycles. The number of urea groups is 1. The van der Waals surface area contributed by atoms with E-state index in [1.807, 2.05) is 27.7 Å². The molecule has 0 radical (unpaired) electrons. The van der Waals surface area contributed by atoms with Crippen molar-refractivity contribution in [3.05, 3.63) is 65.9 Å². The average molecular weight is 458 g/mol. The summed E-state index contributed by atoms with van der Waals surface area (Å²) in [6, 6.07) is 10.6. The minimum Gasteiger partial charge on any atom is -0.350 e. The zero-order chi connectivity index (χ0) is 24.2. The van der Waals surface area contributed by atoms with Gasteiger partial charge < -0.3 is 21.3 Å². The molecule has 10 heteroatoms. The summed E-state index contributed by atoms with van der Waals surface area (Å²) in [5, 5.41) is 11.4. The molecule has 0 atom stereocenters. The summed E-state index contributed by atoms with van der Waals surface area (Å²) >= 11 is 0. The molecule has 3 rings (SSSR count). The largest absolute Gasteiger partial charge is 0.416 e. The number of aromatic nitrogens is 2. The van der Waals surface area contributed by atoms with Crippen LogP contribution < -0.4 is 21.3 Å². The van der Waals surface area contributed by atoms with Gasteiger partial charge in [0.15, 0.2) is 0 Å². The fourth-order valence-corrected chi connectivity index (χ4v) is 2.84. The monoisotopic (exact) mass is 458 g/mol. The van der Waals surface area contributed by atoms with Crippen LogP contribution in [0.5, 0.6) is 0 Å². The number of hydrogen-bond acceptors (Lipinski definition) is 5. The van der Waals surface area contributed by atoms with Crippen molar-refractivity contribution in [1.29, 1.82) is 0 Å². The molecule has 174 valence electrons. The zero-order valence-corrected chi connectivity index (χ0v) is 18.6. The maximum atomic E-state index is 12.9. The van der Waals surface area contributed by atoms with Crippen LogP contribution in [0.4, 0.5) is 46.8 Å². The zero-order valence-electron chi connectivity index (χ0n) is 18.6. The summed E-state index contributed by atoms with van der Waals surface area (Å²) in [6.45, 7) is 7.88. The first kappa shape index (κ1) is 23.8. The highest BCUT2D eigenvalue weighted by molar-refractivity contribution is 6.00. The second-order valence-electron chi connectivity index (χ2n) is 8.46. The number of amides is 2. The molecule has 0 aliphatic heterocycles. The number of anilines is 5. The molecule has 7 nitrogen and oxygen atoms in total. The molecule has 0 bridgehead atoms. The number of benzene rings is 2. The van der Waals surface area contributed by atoms with Gasteiger partial charge in [-0.3, -0.25) is 0 Å². The lowest BCUT2D eigenvalue weighted by atomic mass is 10.1. The third-order valence-electron chi connectivity index (χ3n) is 4.29. The summed E-state index contributed by atoms with van der Waals surface area (Å²) in [4.78, 5) is 21.1. The molecule has 4 N–H and O–H groups in total. The predicted molar refractivity (Wildman–Crippen MR) is 124 cm³/mol. The molecule has 0 aliphatic carbocycles. The van der Waals surface area contributed by atoms with E-state index in [4.69, 9.17) is 0 Å². The van der Waals surface area contributed by atoms with Gasteiger partial charge in [-0.15, -0.1) is 0 Å². The van der Waals surface area contributed by atoms with E-state index in [0.29, 0.717) is 23.1 Å². The fraction of sp³-hybridized carbons (Fsp3) is 0.261. The van der Waals surface area contributed by atoms with Crippen LogP contribution >= 0.6 is 0 Å². The molecule has 0 saturated heterocycles. The maximum absolute atomic E-state index is 12.9. The van der Waals surface area contributed by atoms with Crippen LogP contribution in [0.15, 0.2) is 54.7 Å². The van der Waals surface area contributed by atoms with Gasteiger partial charge in [-0.1, -0.05) is 12.1 Å². The second-order valence-corrected chi connectivity index (χ2v) is 8.46. The van der Waals surface area contributed by atoms with Gasteiger partial charge in [0.1, 0.15) is 5.82 Å². The Bertz CT molecular complexity index is 1140. The molecule has 0 fully saturated rings. The third kappa shape index (κ3) is 7.09. The Morgan fingerprint density at radius 2 is 1.52 bits per heavy atom. The van der Waals surface area contributed by atoms with Crippen LogP contribution in [-0.2, 0) is 6.18 Å². The van der Waals surface area contributed by atoms with Crippen molar-refractivity contribution >= 4 is 34.9 Å². The van der Waals surface area contributed by atoms with Crippen molar-refractivity contribution in [3.8, 4) is 0 Å². The first-order valence-corrected chi connectivity index (χ1v) is 10.1. The normalized spacial score (nSPS) is 11.6. The topological polar surface area (TPSA) is 91.0 Å². The van der Waals surface area contributed by atoms with Crippen molar-refractivity contribution in [2.45, 2.75) is 39.4 Å². The number of carbonyl (C=O) groups excluding carboxylic acids is 1. The van der Waals surface area contributed by atoms with Gasteiger partial charge in [0, 0.05) is 34.4 Å². The van der Waals surface area contributed by atoms with Crippen LogP contribution in [0.1, 0.15) is 31.9 Å². The summed E-state index contributed by atoms with van der Waals surface area (Å²) in [7, 11) is 0. The van der Waals surface area contributed by atoms with E-state index >= 15 is 0 Å². The van der Waals surface area contributed by atoms with Crippen LogP contribution in [0, 0.1) is 6.92 Å². The number of hydrogen-bond donors (Lipinski definition) is 4. The summed E-state index contributed by atoms with van der Waals surface area (Å²) < 4.78 is 38.6. The lowest BCUT2D eigenvalue weighted by Crippen LogP contribution is -2.27. The molecule has 2 aromatic carbocycles. The number of carbonyl (C=O) groups is 1. The number of rotatable bonds is 5. The minimum atomic E-state index is -4.49. The Hall–Kier alpha value is -3.82. The maximum Gasteiger partial charge on any atom is 0.416 e. The van der Waals surface area contributed by atoms with Gasteiger partial charge in [-0.05, 0) is 64.1 Å². The number of nitrogens with zero attached hydrogens (tertiary/aromatic N) is 2. The molecule has 0 unspecified atom stereocenters. The lowest BCUT2D eigenvalue weighted by molar-refractivity contribution is -0.137.